The molecule has 0 spiro atoms. The Morgan fingerprint density at radius 3 is 2.34 bits per heavy atom. The summed E-state index contributed by atoms with van der Waals surface area (Å²) < 4.78 is 15.3. The van der Waals surface area contributed by atoms with E-state index >= 15 is 0 Å². The maximum Gasteiger partial charge on any atom is 0.281 e. The zero-order chi connectivity index (χ0) is 22.7. The second-order valence-corrected chi connectivity index (χ2v) is 7.82. The van der Waals surface area contributed by atoms with Crippen LogP contribution in [0.25, 0.3) is 16.9 Å². The first-order chi connectivity index (χ1) is 15.5. The Morgan fingerprint density at radius 1 is 1.00 bits per heavy atom. The lowest BCUT2D eigenvalue weighted by Crippen LogP contribution is -2.23. The molecule has 8 heteroatoms. The minimum atomic E-state index is -0.410. The van der Waals surface area contributed by atoms with E-state index in [2.05, 4.69) is 31.6 Å². The van der Waals surface area contributed by atoms with Gasteiger partial charge in [0.1, 0.15) is 5.82 Å². The number of aromatic amines is 1. The molecule has 0 aliphatic carbocycles. The van der Waals surface area contributed by atoms with Crippen LogP contribution >= 0.6 is 15.9 Å². The van der Waals surface area contributed by atoms with E-state index in [4.69, 9.17) is 0 Å². The summed E-state index contributed by atoms with van der Waals surface area (Å²) in [6, 6.07) is 21.8. The molecule has 32 heavy (non-hydrogen) atoms. The number of benzene rings is 3. The number of carbonyl (C=O) groups excluding carboxylic acids is 1. The highest BCUT2D eigenvalue weighted by molar-refractivity contribution is 9.10. The van der Waals surface area contributed by atoms with Crippen LogP contribution in [0.15, 0.2) is 93.2 Å². The van der Waals surface area contributed by atoms with Gasteiger partial charge in [0.05, 0.1) is 28.2 Å². The molecule has 1 amide bonds. The molecule has 0 saturated heterocycles. The number of halogens is 2. The summed E-state index contributed by atoms with van der Waals surface area (Å²) >= 11 is 3.34. The van der Waals surface area contributed by atoms with Crippen molar-refractivity contribution in [2.75, 3.05) is 0 Å². The summed E-state index contributed by atoms with van der Waals surface area (Å²) in [7, 11) is 0. The van der Waals surface area contributed by atoms with Gasteiger partial charge >= 0.3 is 0 Å². The van der Waals surface area contributed by atoms with E-state index in [-0.39, 0.29) is 5.56 Å². The number of rotatable bonds is 5. The number of amides is 1. The standard InChI is InChI=1S/C24H18BrFN4O2/c1-15(27-28-23(31)19-9-5-6-10-20(19)25)21-22(16-7-3-2-4-8-16)29-30(24(21)32)18-13-11-17(26)12-14-18/h2-14,29H,1H3,(H,28,31). The quantitative estimate of drug-likeness (QED) is 0.307. The average molecular weight is 493 g/mol. The molecule has 0 unspecified atom stereocenters. The number of nitrogens with zero attached hydrogens (tertiary/aromatic N) is 2. The molecule has 4 rings (SSSR count). The van der Waals surface area contributed by atoms with Crippen molar-refractivity contribution in [1.29, 1.82) is 0 Å². The summed E-state index contributed by atoms with van der Waals surface area (Å²) in [4.78, 5) is 25.8. The predicted molar refractivity (Wildman–Crippen MR) is 126 cm³/mol. The van der Waals surface area contributed by atoms with Crippen molar-refractivity contribution in [3.8, 4) is 16.9 Å². The van der Waals surface area contributed by atoms with Crippen molar-refractivity contribution in [3.63, 3.8) is 0 Å². The summed E-state index contributed by atoms with van der Waals surface area (Å²) in [6.07, 6.45) is 0. The van der Waals surface area contributed by atoms with Gasteiger partial charge in [0.2, 0.25) is 0 Å². The van der Waals surface area contributed by atoms with E-state index in [1.165, 1.54) is 28.9 Å². The Morgan fingerprint density at radius 2 is 1.66 bits per heavy atom. The molecular weight excluding hydrogens is 475 g/mol. The summed E-state index contributed by atoms with van der Waals surface area (Å²) in [5.74, 6) is -0.808. The van der Waals surface area contributed by atoms with Crippen molar-refractivity contribution >= 4 is 27.5 Å². The number of aromatic nitrogens is 2. The fraction of sp³-hybridized carbons (Fsp3) is 0.0417. The third kappa shape index (κ3) is 4.31. The van der Waals surface area contributed by atoms with E-state index in [0.29, 0.717) is 32.7 Å². The van der Waals surface area contributed by atoms with E-state index in [0.717, 1.165) is 5.56 Å². The number of hydrazone groups is 1. The zero-order valence-corrected chi connectivity index (χ0v) is 18.6. The maximum absolute atomic E-state index is 13.4. The van der Waals surface area contributed by atoms with E-state index in [1.807, 2.05) is 30.3 Å². The highest BCUT2D eigenvalue weighted by Gasteiger charge is 2.20. The molecule has 0 fully saturated rings. The Bertz CT molecular complexity index is 1360. The summed E-state index contributed by atoms with van der Waals surface area (Å²) in [6.45, 7) is 1.65. The highest BCUT2D eigenvalue weighted by atomic mass is 79.9. The van der Waals surface area contributed by atoms with E-state index in [1.54, 1.807) is 31.2 Å². The van der Waals surface area contributed by atoms with Crippen LogP contribution in [0.4, 0.5) is 4.39 Å². The lowest BCUT2D eigenvalue weighted by atomic mass is 10.1. The van der Waals surface area contributed by atoms with Gasteiger partial charge in [0, 0.05) is 10.0 Å². The molecule has 0 aliphatic heterocycles. The van der Waals surface area contributed by atoms with Crippen molar-refractivity contribution in [2.24, 2.45) is 5.10 Å². The normalized spacial score (nSPS) is 11.4. The fourth-order valence-corrected chi connectivity index (χ4v) is 3.72. The molecule has 4 aromatic rings. The zero-order valence-electron chi connectivity index (χ0n) is 17.0. The van der Waals surface area contributed by atoms with Crippen molar-refractivity contribution < 1.29 is 9.18 Å². The van der Waals surface area contributed by atoms with Crippen LogP contribution in [0, 0.1) is 5.82 Å². The first-order valence-electron chi connectivity index (χ1n) is 9.71. The highest BCUT2D eigenvalue weighted by Crippen LogP contribution is 2.21. The molecule has 3 aromatic carbocycles. The topological polar surface area (TPSA) is 79.2 Å². The van der Waals surface area contributed by atoms with Crippen LogP contribution in [-0.2, 0) is 0 Å². The number of carbonyl (C=O) groups is 1. The largest absolute Gasteiger partial charge is 0.290 e. The van der Waals surface area contributed by atoms with Crippen LogP contribution in [0.2, 0.25) is 0 Å². The van der Waals surface area contributed by atoms with Crippen LogP contribution in [-0.4, -0.2) is 21.4 Å². The Labute approximate surface area is 191 Å². The van der Waals surface area contributed by atoms with Gasteiger partial charge in [-0.2, -0.15) is 5.10 Å². The molecular formula is C24H18BrFN4O2. The first kappa shape index (κ1) is 21.5. The van der Waals surface area contributed by atoms with Crippen LogP contribution in [0.3, 0.4) is 0 Å². The second kappa shape index (κ2) is 9.15. The number of H-pyrrole nitrogens is 1. The third-order valence-electron chi connectivity index (χ3n) is 4.84. The Balaban J connectivity index is 1.77. The lowest BCUT2D eigenvalue weighted by Gasteiger charge is -2.05. The number of hydrogen-bond acceptors (Lipinski definition) is 3. The van der Waals surface area contributed by atoms with Crippen molar-refractivity contribution in [3.05, 3.63) is 111 Å². The van der Waals surface area contributed by atoms with E-state index < -0.39 is 11.7 Å². The molecule has 0 atom stereocenters. The van der Waals surface area contributed by atoms with E-state index in [9.17, 15) is 14.0 Å². The Hall–Kier alpha value is -3.78. The number of hydrogen-bond donors (Lipinski definition) is 2. The van der Waals surface area contributed by atoms with Gasteiger partial charge < -0.3 is 0 Å². The van der Waals surface area contributed by atoms with Gasteiger partial charge in [-0.1, -0.05) is 42.5 Å². The van der Waals surface area contributed by atoms with Crippen LogP contribution in [0.5, 0.6) is 0 Å². The van der Waals surface area contributed by atoms with Gasteiger partial charge in [0.15, 0.2) is 0 Å². The molecule has 6 nitrogen and oxygen atoms in total. The molecule has 1 heterocycles. The smallest absolute Gasteiger partial charge is 0.281 e. The van der Waals surface area contributed by atoms with Crippen molar-refractivity contribution in [1.82, 2.24) is 15.2 Å². The molecule has 1 aromatic heterocycles. The fourth-order valence-electron chi connectivity index (χ4n) is 3.25. The molecule has 0 radical (unpaired) electrons. The monoisotopic (exact) mass is 492 g/mol. The molecule has 0 aliphatic rings. The SMILES string of the molecule is CC(=NNC(=O)c1ccccc1Br)c1c(-c2ccccc2)[nH]n(-c2ccc(F)cc2)c1=O. The summed E-state index contributed by atoms with van der Waals surface area (Å²) in [5, 5.41) is 7.28. The van der Waals surface area contributed by atoms with Gasteiger partial charge in [0.25, 0.3) is 11.5 Å². The third-order valence-corrected chi connectivity index (χ3v) is 5.53. The first-order valence-corrected chi connectivity index (χ1v) is 10.5. The lowest BCUT2D eigenvalue weighted by molar-refractivity contribution is 0.0954. The predicted octanol–water partition coefficient (Wildman–Crippen LogP) is 4.89. The van der Waals surface area contributed by atoms with Gasteiger partial charge in [-0.3, -0.25) is 14.7 Å². The molecule has 0 bridgehead atoms. The summed E-state index contributed by atoms with van der Waals surface area (Å²) in [5.41, 5.74) is 4.97. The average Bonchev–Trinajstić information content (AvgIpc) is 3.16. The Kier molecular flexibility index (Phi) is 6.13. The van der Waals surface area contributed by atoms with Gasteiger partial charge in [-0.25, -0.2) is 14.5 Å². The van der Waals surface area contributed by atoms with Crippen LogP contribution < -0.4 is 11.0 Å². The molecule has 160 valence electrons. The molecule has 2 N–H and O–H groups in total. The maximum atomic E-state index is 13.4. The van der Waals surface area contributed by atoms with Crippen LogP contribution in [0.1, 0.15) is 22.8 Å². The minimum Gasteiger partial charge on any atom is -0.290 e. The van der Waals surface area contributed by atoms with Gasteiger partial charge in [-0.05, 0) is 59.3 Å². The number of nitrogens with one attached hydrogen (secondary N) is 2. The van der Waals surface area contributed by atoms with Gasteiger partial charge in [-0.15, -0.1) is 0 Å². The minimum absolute atomic E-state index is 0.299. The second-order valence-electron chi connectivity index (χ2n) is 6.96. The molecule has 0 saturated carbocycles. The van der Waals surface area contributed by atoms with Crippen molar-refractivity contribution in [2.45, 2.75) is 6.92 Å².